The second-order valence-electron chi connectivity index (χ2n) is 2.88. The molecule has 0 aromatic rings. The second-order valence-corrected chi connectivity index (χ2v) is 2.88. The maximum Gasteiger partial charge on any atom is 0.0546 e. The minimum atomic E-state index is -0.993. The van der Waals surface area contributed by atoms with Crippen LogP contribution < -0.4 is 5.11 Å². The third-order valence-electron chi connectivity index (χ3n) is 1.64. The number of carboxylic acid groups (broad SMARTS) is 1. The van der Waals surface area contributed by atoms with E-state index in [2.05, 4.69) is 0 Å². The quantitative estimate of drug-likeness (QED) is 0.529. The van der Waals surface area contributed by atoms with Crippen molar-refractivity contribution in [2.24, 2.45) is 5.92 Å². The van der Waals surface area contributed by atoms with E-state index in [1.165, 1.54) is 0 Å². The van der Waals surface area contributed by atoms with Crippen LogP contribution in [0.1, 0.15) is 33.1 Å². The third kappa shape index (κ3) is 5.13. The molecule has 0 aliphatic heterocycles. The van der Waals surface area contributed by atoms with Crippen LogP contribution in [0.25, 0.3) is 0 Å². The normalized spacial score (nSPS) is 12.8. The summed E-state index contributed by atoms with van der Waals surface area (Å²) in [7, 11) is 0. The molecule has 0 aromatic heterocycles. The van der Waals surface area contributed by atoms with Gasteiger partial charge in [-0.05, 0) is 12.8 Å². The minimum Gasteiger partial charge on any atom is -0.550 e. The molecule has 3 nitrogen and oxygen atoms in total. The maximum absolute atomic E-state index is 10.5. The van der Waals surface area contributed by atoms with Crippen molar-refractivity contribution in [1.82, 2.24) is 0 Å². The van der Waals surface area contributed by atoms with Crippen molar-refractivity contribution in [2.75, 3.05) is 13.2 Å². The fraction of sp³-hybridized carbons (Fsp3) is 0.889. The van der Waals surface area contributed by atoms with E-state index in [-0.39, 0.29) is 0 Å². The van der Waals surface area contributed by atoms with Crippen LogP contribution in [-0.4, -0.2) is 19.2 Å². The number of carbonyl (C=O) groups is 1. The van der Waals surface area contributed by atoms with Crippen LogP contribution in [0.5, 0.6) is 0 Å². The first kappa shape index (κ1) is 11.4. The standard InChI is InChI=1S/C9H18O3/c1-3-5-8(9(10)11)7-12-6-4-2/h8H,3-7H2,1-2H3,(H,10,11)/p-1. The Balaban J connectivity index is 3.56. The van der Waals surface area contributed by atoms with Crippen LogP contribution in [0.15, 0.2) is 0 Å². The highest BCUT2D eigenvalue weighted by molar-refractivity contribution is 5.67. The molecule has 3 heteroatoms. The molecule has 0 rings (SSSR count). The topological polar surface area (TPSA) is 49.4 Å². The monoisotopic (exact) mass is 173 g/mol. The van der Waals surface area contributed by atoms with Crippen molar-refractivity contribution >= 4 is 5.97 Å². The molecular weight excluding hydrogens is 156 g/mol. The average molecular weight is 173 g/mol. The highest BCUT2D eigenvalue weighted by Crippen LogP contribution is 2.05. The van der Waals surface area contributed by atoms with Gasteiger partial charge >= 0.3 is 0 Å². The van der Waals surface area contributed by atoms with Crippen molar-refractivity contribution in [1.29, 1.82) is 0 Å². The van der Waals surface area contributed by atoms with Gasteiger partial charge in [-0.3, -0.25) is 0 Å². The molecule has 0 spiro atoms. The molecule has 1 unspecified atom stereocenters. The van der Waals surface area contributed by atoms with E-state index >= 15 is 0 Å². The van der Waals surface area contributed by atoms with Gasteiger partial charge in [-0.15, -0.1) is 0 Å². The number of hydrogen-bond acceptors (Lipinski definition) is 3. The van der Waals surface area contributed by atoms with E-state index in [9.17, 15) is 9.90 Å². The van der Waals surface area contributed by atoms with Crippen molar-refractivity contribution < 1.29 is 14.6 Å². The summed E-state index contributed by atoms with van der Waals surface area (Å²) in [5.74, 6) is -1.42. The fourth-order valence-corrected chi connectivity index (χ4v) is 0.988. The fourth-order valence-electron chi connectivity index (χ4n) is 0.988. The summed E-state index contributed by atoms with van der Waals surface area (Å²) in [5.41, 5.74) is 0. The van der Waals surface area contributed by atoms with Crippen molar-refractivity contribution in [3.05, 3.63) is 0 Å². The van der Waals surface area contributed by atoms with E-state index in [1.54, 1.807) is 0 Å². The Morgan fingerprint density at radius 3 is 2.50 bits per heavy atom. The van der Waals surface area contributed by atoms with Crippen molar-refractivity contribution in [3.8, 4) is 0 Å². The summed E-state index contributed by atoms with van der Waals surface area (Å²) in [5, 5.41) is 10.5. The molecule has 0 heterocycles. The molecule has 0 aliphatic rings. The minimum absolute atomic E-state index is 0.296. The molecule has 0 aliphatic carbocycles. The molecule has 0 amide bonds. The number of rotatable bonds is 7. The number of ether oxygens (including phenoxy) is 1. The summed E-state index contributed by atoms with van der Waals surface area (Å²) in [6, 6.07) is 0. The number of carbonyl (C=O) groups excluding carboxylic acids is 1. The lowest BCUT2D eigenvalue weighted by Gasteiger charge is -2.16. The molecular formula is C9H17O3-. The number of hydrogen-bond donors (Lipinski definition) is 0. The van der Waals surface area contributed by atoms with Gasteiger partial charge in [-0.25, -0.2) is 0 Å². The van der Waals surface area contributed by atoms with Gasteiger partial charge in [0.25, 0.3) is 0 Å². The van der Waals surface area contributed by atoms with E-state index in [0.29, 0.717) is 19.6 Å². The Morgan fingerprint density at radius 2 is 2.08 bits per heavy atom. The average Bonchev–Trinajstić information content (AvgIpc) is 2.03. The lowest BCUT2D eigenvalue weighted by atomic mass is 10.1. The van der Waals surface area contributed by atoms with Crippen molar-refractivity contribution in [2.45, 2.75) is 33.1 Å². The molecule has 0 bridgehead atoms. The van der Waals surface area contributed by atoms with Gasteiger partial charge in [0.05, 0.1) is 6.61 Å². The predicted molar refractivity (Wildman–Crippen MR) is 44.5 cm³/mol. The molecule has 0 aromatic carbocycles. The van der Waals surface area contributed by atoms with Crippen LogP contribution in [-0.2, 0) is 9.53 Å². The third-order valence-corrected chi connectivity index (χ3v) is 1.64. The lowest BCUT2D eigenvalue weighted by molar-refractivity contribution is -0.313. The van der Waals surface area contributed by atoms with Crippen LogP contribution in [0.2, 0.25) is 0 Å². The van der Waals surface area contributed by atoms with Gasteiger partial charge in [-0.1, -0.05) is 20.3 Å². The Morgan fingerprint density at radius 1 is 1.42 bits per heavy atom. The van der Waals surface area contributed by atoms with Crippen LogP contribution in [0.3, 0.4) is 0 Å². The van der Waals surface area contributed by atoms with E-state index in [1.807, 2.05) is 13.8 Å². The van der Waals surface area contributed by atoms with Crippen molar-refractivity contribution in [3.63, 3.8) is 0 Å². The summed E-state index contributed by atoms with van der Waals surface area (Å²) >= 11 is 0. The highest BCUT2D eigenvalue weighted by Gasteiger charge is 2.07. The molecule has 12 heavy (non-hydrogen) atoms. The van der Waals surface area contributed by atoms with Crippen LogP contribution >= 0.6 is 0 Å². The molecule has 1 atom stereocenters. The van der Waals surface area contributed by atoms with Gasteiger partial charge in [0.2, 0.25) is 0 Å². The first-order valence-corrected chi connectivity index (χ1v) is 4.50. The Labute approximate surface area is 73.7 Å². The van der Waals surface area contributed by atoms with E-state index in [0.717, 1.165) is 12.8 Å². The molecule has 72 valence electrons. The summed E-state index contributed by atoms with van der Waals surface area (Å²) in [6.45, 7) is 4.88. The summed E-state index contributed by atoms with van der Waals surface area (Å²) in [4.78, 5) is 10.5. The van der Waals surface area contributed by atoms with E-state index < -0.39 is 11.9 Å². The zero-order valence-corrected chi connectivity index (χ0v) is 7.84. The highest BCUT2D eigenvalue weighted by atomic mass is 16.5. The van der Waals surface area contributed by atoms with Gasteiger partial charge in [0.1, 0.15) is 0 Å². The molecule has 0 N–H and O–H groups in total. The Kier molecular flexibility index (Phi) is 6.76. The summed E-state index contributed by atoms with van der Waals surface area (Å²) in [6.07, 6.45) is 2.42. The second kappa shape index (κ2) is 7.10. The van der Waals surface area contributed by atoms with Crippen LogP contribution in [0, 0.1) is 5.92 Å². The smallest absolute Gasteiger partial charge is 0.0546 e. The molecule has 0 saturated carbocycles. The number of aliphatic carboxylic acids is 1. The predicted octanol–water partition coefficient (Wildman–Crippen LogP) is 0.579. The zero-order valence-electron chi connectivity index (χ0n) is 7.84. The lowest BCUT2D eigenvalue weighted by Crippen LogP contribution is -2.34. The van der Waals surface area contributed by atoms with Gasteiger partial charge in [-0.2, -0.15) is 0 Å². The maximum atomic E-state index is 10.5. The molecule has 0 radical (unpaired) electrons. The Hall–Kier alpha value is -0.570. The number of carboxylic acids is 1. The van der Waals surface area contributed by atoms with Gasteiger partial charge in [0.15, 0.2) is 0 Å². The SMILES string of the molecule is CCCOCC(CCC)C(=O)[O-]. The van der Waals surface area contributed by atoms with Gasteiger partial charge < -0.3 is 14.6 Å². The van der Waals surface area contributed by atoms with Crippen LogP contribution in [0.4, 0.5) is 0 Å². The largest absolute Gasteiger partial charge is 0.550 e. The first-order chi connectivity index (χ1) is 5.72. The Bertz CT molecular complexity index is 123. The van der Waals surface area contributed by atoms with Gasteiger partial charge in [0, 0.05) is 18.5 Å². The molecule has 0 saturated heterocycles. The molecule has 0 fully saturated rings. The summed E-state index contributed by atoms with van der Waals surface area (Å²) < 4.78 is 5.14. The zero-order chi connectivity index (χ0) is 9.40. The van der Waals surface area contributed by atoms with E-state index in [4.69, 9.17) is 4.74 Å². The first-order valence-electron chi connectivity index (χ1n) is 4.50.